The first kappa shape index (κ1) is 33.7. The van der Waals surface area contributed by atoms with Gasteiger partial charge in [-0.15, -0.1) is 11.8 Å². The lowest BCUT2D eigenvalue weighted by Crippen LogP contribution is -2.65. The van der Waals surface area contributed by atoms with Crippen LogP contribution in [0, 0.1) is 17.3 Å². The molecular formula is C35H47BO8S. The van der Waals surface area contributed by atoms with E-state index in [4.69, 9.17) is 28.3 Å². The van der Waals surface area contributed by atoms with Crippen molar-refractivity contribution < 1.29 is 37.8 Å². The largest absolute Gasteiger partial charge is 0.514 e. The summed E-state index contributed by atoms with van der Waals surface area (Å²) in [5.74, 6) is 1.88. The fourth-order valence-corrected chi connectivity index (χ4v) is 7.98. The Morgan fingerprint density at radius 2 is 1.62 bits per heavy atom. The van der Waals surface area contributed by atoms with Gasteiger partial charge >= 0.3 is 19.2 Å². The van der Waals surface area contributed by atoms with Crippen molar-refractivity contribution >= 4 is 31.0 Å². The highest BCUT2D eigenvalue weighted by Crippen LogP contribution is 2.65. The highest BCUT2D eigenvalue weighted by atomic mass is 32.2. The summed E-state index contributed by atoms with van der Waals surface area (Å²) in [5, 5.41) is 0. The first-order chi connectivity index (χ1) is 20.9. The molecule has 10 heteroatoms. The van der Waals surface area contributed by atoms with Crippen molar-refractivity contribution in [1.82, 2.24) is 0 Å². The summed E-state index contributed by atoms with van der Waals surface area (Å²) in [6.45, 7) is 17.5. The van der Waals surface area contributed by atoms with Gasteiger partial charge in [0.2, 0.25) is 0 Å². The van der Waals surface area contributed by atoms with E-state index in [0.29, 0.717) is 34.4 Å². The van der Waals surface area contributed by atoms with Crippen LogP contribution in [0.1, 0.15) is 96.6 Å². The Morgan fingerprint density at radius 1 is 0.956 bits per heavy atom. The van der Waals surface area contributed by atoms with Gasteiger partial charge in [-0.1, -0.05) is 32.0 Å². The van der Waals surface area contributed by atoms with Crippen LogP contribution in [0.25, 0.3) is 0 Å². The van der Waals surface area contributed by atoms with Crippen molar-refractivity contribution in [2.24, 2.45) is 17.3 Å². The Morgan fingerprint density at radius 3 is 2.22 bits per heavy atom. The molecule has 2 aromatic rings. The van der Waals surface area contributed by atoms with E-state index >= 15 is 0 Å². The average molecular weight is 639 g/mol. The molecule has 3 aliphatic carbocycles. The Labute approximate surface area is 272 Å². The molecule has 0 N–H and O–H groups in total. The van der Waals surface area contributed by atoms with Gasteiger partial charge < -0.3 is 28.3 Å². The normalized spacial score (nSPS) is 25.2. The minimum absolute atomic E-state index is 0.000786. The molecule has 244 valence electrons. The number of thioether (sulfide) groups is 1. The van der Waals surface area contributed by atoms with Crippen LogP contribution in [0.3, 0.4) is 0 Å². The predicted molar refractivity (Wildman–Crippen MR) is 175 cm³/mol. The molecule has 4 aliphatic rings. The van der Waals surface area contributed by atoms with Crippen molar-refractivity contribution in [2.75, 3.05) is 7.11 Å². The number of hydrogen-bond donors (Lipinski definition) is 0. The summed E-state index contributed by atoms with van der Waals surface area (Å²) in [6.07, 6.45) is 1.50. The number of esters is 1. The number of benzene rings is 2. The third kappa shape index (κ3) is 7.18. The van der Waals surface area contributed by atoms with E-state index in [0.717, 1.165) is 24.2 Å². The molecule has 45 heavy (non-hydrogen) atoms. The standard InChI is InChI=1S/C35H47BO8S/c1-32(2,3)41-30(37)28-25(45-20-21-11-14-24(39-10)15-12-21)16-13-22(29(28)40-31(38)42-33(4,5)6)19-36-43-27-18-23-17-26(34(23,7)8)35(27,9)44-36/h11-16,23,26-27H,17-20H2,1-10H3/t23-,26-,27+,35-/m0/s1. The molecule has 0 radical (unpaired) electrons. The lowest BCUT2D eigenvalue weighted by Gasteiger charge is -2.64. The van der Waals surface area contributed by atoms with E-state index in [-0.39, 0.29) is 22.8 Å². The zero-order chi connectivity index (χ0) is 32.9. The van der Waals surface area contributed by atoms with Gasteiger partial charge in [0.05, 0.1) is 18.8 Å². The SMILES string of the molecule is COc1ccc(CSc2ccc(CB3O[C@@H]4C[C@@H]5C[C@@H](C5(C)C)[C@]4(C)O3)c(OC(=O)OC(C)(C)C)c2C(=O)OC(C)(C)C)cc1. The lowest BCUT2D eigenvalue weighted by molar-refractivity contribution is -0.199. The summed E-state index contributed by atoms with van der Waals surface area (Å²) < 4.78 is 35.8. The summed E-state index contributed by atoms with van der Waals surface area (Å²) in [5.41, 5.74) is 0.0765. The summed E-state index contributed by atoms with van der Waals surface area (Å²) in [6, 6.07) is 11.5. The van der Waals surface area contributed by atoms with Crippen molar-refractivity contribution in [2.45, 2.75) is 115 Å². The van der Waals surface area contributed by atoms with E-state index < -0.39 is 36.0 Å². The maximum atomic E-state index is 13.9. The molecule has 8 nitrogen and oxygen atoms in total. The second-order valence-electron chi connectivity index (χ2n) is 15.2. The molecule has 6 rings (SSSR count). The molecule has 1 aliphatic heterocycles. The molecule has 2 aromatic carbocycles. The number of ether oxygens (including phenoxy) is 4. The number of methoxy groups -OCH3 is 1. The Balaban J connectivity index is 1.50. The maximum Gasteiger partial charge on any atom is 0.514 e. The van der Waals surface area contributed by atoms with Crippen LogP contribution in [-0.4, -0.2) is 49.3 Å². The third-order valence-corrected chi connectivity index (χ3v) is 10.4. The Bertz CT molecular complexity index is 1430. The van der Waals surface area contributed by atoms with Crippen molar-refractivity contribution in [1.29, 1.82) is 0 Å². The third-order valence-electron chi connectivity index (χ3n) is 9.32. The summed E-state index contributed by atoms with van der Waals surface area (Å²) >= 11 is 1.46. The molecule has 0 spiro atoms. The Hall–Kier alpha value is -2.69. The van der Waals surface area contributed by atoms with Crippen LogP contribution in [0.15, 0.2) is 41.3 Å². The van der Waals surface area contributed by atoms with Crippen molar-refractivity contribution in [3.63, 3.8) is 0 Å². The zero-order valence-electron chi connectivity index (χ0n) is 28.3. The van der Waals surface area contributed by atoms with Gasteiger partial charge in [-0.25, -0.2) is 9.59 Å². The van der Waals surface area contributed by atoms with Crippen LogP contribution < -0.4 is 9.47 Å². The molecular weight excluding hydrogens is 591 g/mol. The van der Waals surface area contributed by atoms with Gasteiger partial charge in [-0.3, -0.25) is 0 Å². The number of rotatable bonds is 8. The van der Waals surface area contributed by atoms with Gasteiger partial charge in [0.1, 0.15) is 22.5 Å². The second-order valence-corrected chi connectivity index (χ2v) is 16.3. The van der Waals surface area contributed by atoms with E-state index in [1.54, 1.807) is 27.9 Å². The minimum Gasteiger partial charge on any atom is -0.497 e. The van der Waals surface area contributed by atoms with Gasteiger partial charge in [0, 0.05) is 17.0 Å². The first-order valence-electron chi connectivity index (χ1n) is 15.8. The zero-order valence-corrected chi connectivity index (χ0v) is 29.1. The molecule has 1 saturated heterocycles. The first-order valence-corrected chi connectivity index (χ1v) is 16.8. The number of hydrogen-bond acceptors (Lipinski definition) is 9. The van der Waals surface area contributed by atoms with Crippen molar-refractivity contribution in [3.05, 3.63) is 53.1 Å². The lowest BCUT2D eigenvalue weighted by atomic mass is 9.43. The summed E-state index contributed by atoms with van der Waals surface area (Å²) in [7, 11) is 1.07. The van der Waals surface area contributed by atoms with Crippen LogP contribution in [0.5, 0.6) is 11.5 Å². The number of carbonyl (C=O) groups excluding carboxylic acids is 2. The highest BCUT2D eigenvalue weighted by Gasteiger charge is 2.67. The van der Waals surface area contributed by atoms with Gasteiger partial charge in [0.15, 0.2) is 5.75 Å². The molecule has 2 bridgehead atoms. The predicted octanol–water partition coefficient (Wildman–Crippen LogP) is 8.07. The second kappa shape index (κ2) is 12.2. The molecule has 0 unspecified atom stereocenters. The monoisotopic (exact) mass is 638 g/mol. The van der Waals surface area contributed by atoms with Crippen LogP contribution in [-0.2, 0) is 30.9 Å². The molecule has 0 aromatic heterocycles. The fourth-order valence-electron chi connectivity index (χ4n) is 6.98. The van der Waals surface area contributed by atoms with Crippen LogP contribution in [0.2, 0.25) is 0 Å². The van der Waals surface area contributed by atoms with Crippen LogP contribution in [0.4, 0.5) is 4.79 Å². The molecule has 3 saturated carbocycles. The van der Waals surface area contributed by atoms with E-state index in [2.05, 4.69) is 20.8 Å². The van der Waals surface area contributed by atoms with Gasteiger partial charge in [0.25, 0.3) is 0 Å². The smallest absolute Gasteiger partial charge is 0.497 e. The number of carbonyl (C=O) groups is 2. The molecule has 0 amide bonds. The average Bonchev–Trinajstić information content (AvgIpc) is 3.26. The van der Waals surface area contributed by atoms with E-state index in [1.165, 1.54) is 11.8 Å². The fraction of sp³-hybridized carbons (Fsp3) is 0.600. The summed E-state index contributed by atoms with van der Waals surface area (Å²) in [4.78, 5) is 27.6. The maximum absolute atomic E-state index is 13.9. The van der Waals surface area contributed by atoms with E-state index in [9.17, 15) is 9.59 Å². The highest BCUT2D eigenvalue weighted by molar-refractivity contribution is 7.98. The van der Waals surface area contributed by atoms with Gasteiger partial charge in [-0.2, -0.15) is 0 Å². The van der Waals surface area contributed by atoms with E-state index in [1.807, 2.05) is 57.2 Å². The molecule has 1 heterocycles. The van der Waals surface area contributed by atoms with Gasteiger partial charge in [-0.05, 0) is 108 Å². The minimum atomic E-state index is -0.901. The quantitative estimate of drug-likeness (QED) is 0.123. The topological polar surface area (TPSA) is 89.5 Å². The van der Waals surface area contributed by atoms with Crippen LogP contribution >= 0.6 is 11.8 Å². The van der Waals surface area contributed by atoms with Crippen molar-refractivity contribution in [3.8, 4) is 11.5 Å². The molecule has 4 fully saturated rings. The molecule has 4 atom stereocenters. The Kier molecular flexibility index (Phi) is 9.10.